The molecule has 36 heavy (non-hydrogen) atoms. The first-order chi connectivity index (χ1) is 17.1. The minimum Gasteiger partial charge on any atom is -0.392 e. The average Bonchev–Trinajstić information content (AvgIpc) is 3.50. The van der Waals surface area contributed by atoms with Crippen molar-refractivity contribution in [3.05, 3.63) is 59.7 Å². The normalized spacial score (nSPS) is 16.7. The first kappa shape index (κ1) is 24.1. The number of benzene rings is 1. The highest BCUT2D eigenvalue weighted by Crippen LogP contribution is 2.30. The summed E-state index contributed by atoms with van der Waals surface area (Å²) in [4.78, 5) is 24.3. The Balaban J connectivity index is 1.39. The van der Waals surface area contributed by atoms with Crippen LogP contribution in [0.3, 0.4) is 0 Å². The van der Waals surface area contributed by atoms with Gasteiger partial charge in [0, 0.05) is 84.5 Å². The van der Waals surface area contributed by atoms with Gasteiger partial charge >= 0.3 is 0 Å². The topological polar surface area (TPSA) is 101 Å². The highest BCUT2D eigenvalue weighted by Gasteiger charge is 2.26. The SMILES string of the molecule is Cc1nn(-c2ccnc(Nc3ccc4c(c3)c(C(=O)C(C)(C)C)cn4C)n2)cc1CN1CC[C@@H](O)C1. The molecule has 1 aromatic carbocycles. The van der Waals surface area contributed by atoms with Crippen LogP contribution in [0.5, 0.6) is 0 Å². The summed E-state index contributed by atoms with van der Waals surface area (Å²) in [5, 5.41) is 18.7. The second kappa shape index (κ2) is 9.15. The van der Waals surface area contributed by atoms with E-state index in [9.17, 15) is 9.90 Å². The Morgan fingerprint density at radius 1 is 1.22 bits per heavy atom. The fraction of sp³-hybridized carbons (Fsp3) is 0.407. The van der Waals surface area contributed by atoms with Crippen LogP contribution >= 0.6 is 0 Å². The second-order valence-corrected chi connectivity index (χ2v) is 10.7. The largest absolute Gasteiger partial charge is 0.392 e. The maximum atomic E-state index is 13.0. The van der Waals surface area contributed by atoms with Crippen LogP contribution in [0.25, 0.3) is 16.7 Å². The summed E-state index contributed by atoms with van der Waals surface area (Å²) in [5.74, 6) is 1.22. The van der Waals surface area contributed by atoms with Gasteiger partial charge in [-0.2, -0.15) is 10.1 Å². The fourth-order valence-electron chi connectivity index (χ4n) is 4.69. The number of likely N-dealkylation sites (tertiary alicyclic amines) is 1. The quantitative estimate of drug-likeness (QED) is 0.397. The Bertz CT molecular complexity index is 1430. The number of anilines is 2. The molecule has 1 aliphatic heterocycles. The van der Waals surface area contributed by atoms with E-state index in [1.165, 1.54) is 0 Å². The number of carbonyl (C=O) groups excluding carboxylic acids is 1. The smallest absolute Gasteiger partial charge is 0.229 e. The number of carbonyl (C=O) groups is 1. The molecule has 5 rings (SSSR count). The van der Waals surface area contributed by atoms with Crippen LogP contribution in [-0.2, 0) is 13.6 Å². The lowest BCUT2D eigenvalue weighted by molar-refractivity contribution is 0.0860. The van der Waals surface area contributed by atoms with Crippen molar-refractivity contribution in [2.75, 3.05) is 18.4 Å². The predicted molar refractivity (Wildman–Crippen MR) is 140 cm³/mol. The predicted octanol–water partition coefficient (Wildman–Crippen LogP) is 4.00. The molecular weight excluding hydrogens is 454 g/mol. The van der Waals surface area contributed by atoms with E-state index in [1.807, 2.05) is 76.0 Å². The molecule has 1 fully saturated rings. The molecule has 9 heteroatoms. The van der Waals surface area contributed by atoms with E-state index in [1.54, 1.807) is 10.9 Å². The number of rotatable bonds is 6. The number of β-amino-alcohol motifs (C(OH)–C–C–N with tert-alkyl or cyclic N) is 1. The van der Waals surface area contributed by atoms with Crippen molar-refractivity contribution in [3.8, 4) is 5.82 Å². The molecule has 188 valence electrons. The maximum Gasteiger partial charge on any atom is 0.229 e. The molecule has 1 aliphatic rings. The summed E-state index contributed by atoms with van der Waals surface area (Å²) < 4.78 is 3.75. The van der Waals surface area contributed by atoms with Crippen LogP contribution < -0.4 is 5.32 Å². The number of fused-ring (bicyclic) bond motifs is 1. The van der Waals surface area contributed by atoms with Crippen molar-refractivity contribution >= 4 is 28.3 Å². The van der Waals surface area contributed by atoms with Gasteiger partial charge in [0.05, 0.1) is 11.8 Å². The van der Waals surface area contributed by atoms with Crippen LogP contribution in [-0.4, -0.2) is 59.3 Å². The number of Topliss-reactive ketones (excluding diaryl/α,β-unsaturated/α-hetero) is 1. The Morgan fingerprint density at radius 3 is 2.75 bits per heavy atom. The van der Waals surface area contributed by atoms with E-state index in [4.69, 9.17) is 0 Å². The lowest BCUT2D eigenvalue weighted by Crippen LogP contribution is -2.21. The molecule has 4 heterocycles. The molecular formula is C27H33N7O2. The summed E-state index contributed by atoms with van der Waals surface area (Å²) in [7, 11) is 1.95. The molecule has 0 spiro atoms. The Morgan fingerprint density at radius 2 is 2.03 bits per heavy atom. The van der Waals surface area contributed by atoms with Gasteiger partial charge in [-0.25, -0.2) is 9.67 Å². The minimum absolute atomic E-state index is 0.108. The van der Waals surface area contributed by atoms with Crippen LogP contribution in [0.1, 0.15) is 48.8 Å². The number of aromatic nitrogens is 5. The van der Waals surface area contributed by atoms with Gasteiger partial charge in [-0.1, -0.05) is 20.8 Å². The van der Waals surface area contributed by atoms with Crippen molar-refractivity contribution in [3.63, 3.8) is 0 Å². The monoisotopic (exact) mass is 487 g/mol. The van der Waals surface area contributed by atoms with Crippen LogP contribution in [0, 0.1) is 12.3 Å². The molecule has 9 nitrogen and oxygen atoms in total. The molecule has 4 aromatic rings. The van der Waals surface area contributed by atoms with Gasteiger partial charge in [0.1, 0.15) is 0 Å². The van der Waals surface area contributed by atoms with Gasteiger partial charge in [0.15, 0.2) is 11.6 Å². The van der Waals surface area contributed by atoms with Gasteiger partial charge in [-0.3, -0.25) is 9.69 Å². The summed E-state index contributed by atoms with van der Waals surface area (Å²) in [6.07, 6.45) is 6.17. The maximum absolute atomic E-state index is 13.0. The second-order valence-electron chi connectivity index (χ2n) is 10.7. The summed E-state index contributed by atoms with van der Waals surface area (Å²) in [6, 6.07) is 7.76. The minimum atomic E-state index is -0.468. The van der Waals surface area contributed by atoms with E-state index in [0.717, 1.165) is 47.4 Å². The fourth-order valence-corrected chi connectivity index (χ4v) is 4.69. The highest BCUT2D eigenvalue weighted by atomic mass is 16.3. The van der Waals surface area contributed by atoms with Gasteiger partial charge in [0.25, 0.3) is 0 Å². The molecule has 2 N–H and O–H groups in total. The lowest BCUT2D eigenvalue weighted by atomic mass is 9.86. The third-order valence-electron chi connectivity index (χ3n) is 6.69. The zero-order valence-corrected chi connectivity index (χ0v) is 21.5. The zero-order valence-electron chi connectivity index (χ0n) is 21.5. The summed E-state index contributed by atoms with van der Waals surface area (Å²) in [5.41, 5.74) is 4.10. The number of aryl methyl sites for hydroxylation is 2. The van der Waals surface area contributed by atoms with Crippen molar-refractivity contribution in [2.45, 2.75) is 46.8 Å². The standard InChI is InChI=1S/C27H33N7O2/c1-17-18(13-33-11-9-20(35)15-33)14-34(31-17)24-8-10-28-26(30-24)29-19-6-7-23-21(12-19)22(16-32(23)5)25(36)27(2,3)4/h6-8,10,12,14,16,20,35H,9,11,13,15H2,1-5H3,(H,28,29,30)/t20-/m1/s1. The number of aliphatic hydroxyl groups excluding tert-OH is 1. The summed E-state index contributed by atoms with van der Waals surface area (Å²) >= 11 is 0. The van der Waals surface area contributed by atoms with Crippen LogP contribution in [0.15, 0.2) is 42.9 Å². The van der Waals surface area contributed by atoms with E-state index < -0.39 is 5.41 Å². The third-order valence-corrected chi connectivity index (χ3v) is 6.69. The van der Waals surface area contributed by atoms with Crippen molar-refractivity contribution in [1.29, 1.82) is 0 Å². The number of nitrogens with zero attached hydrogens (tertiary/aromatic N) is 6. The molecule has 0 saturated carbocycles. The number of hydrogen-bond acceptors (Lipinski definition) is 7. The van der Waals surface area contributed by atoms with Crippen molar-refractivity contribution in [2.24, 2.45) is 12.5 Å². The van der Waals surface area contributed by atoms with Gasteiger partial charge < -0.3 is 15.0 Å². The molecule has 0 bridgehead atoms. The number of nitrogens with one attached hydrogen (secondary N) is 1. The van der Waals surface area contributed by atoms with Gasteiger partial charge in [-0.15, -0.1) is 0 Å². The Labute approximate surface area is 210 Å². The van der Waals surface area contributed by atoms with E-state index in [-0.39, 0.29) is 11.9 Å². The molecule has 1 saturated heterocycles. The van der Waals surface area contributed by atoms with E-state index >= 15 is 0 Å². The summed E-state index contributed by atoms with van der Waals surface area (Å²) in [6.45, 7) is 10.1. The Hall–Kier alpha value is -3.56. The van der Waals surface area contributed by atoms with Crippen LogP contribution in [0.2, 0.25) is 0 Å². The first-order valence-electron chi connectivity index (χ1n) is 12.3. The first-order valence-corrected chi connectivity index (χ1v) is 12.3. The molecule has 1 atom stereocenters. The van der Waals surface area contributed by atoms with Gasteiger partial charge in [0.2, 0.25) is 5.95 Å². The van der Waals surface area contributed by atoms with E-state index in [2.05, 4.69) is 25.3 Å². The van der Waals surface area contributed by atoms with Crippen LogP contribution in [0.4, 0.5) is 11.6 Å². The van der Waals surface area contributed by atoms with Gasteiger partial charge in [-0.05, 0) is 31.5 Å². The third kappa shape index (κ3) is 4.76. The van der Waals surface area contributed by atoms with E-state index in [0.29, 0.717) is 23.9 Å². The molecule has 0 aliphatic carbocycles. The molecule has 3 aromatic heterocycles. The zero-order chi connectivity index (χ0) is 25.6. The Kier molecular flexibility index (Phi) is 6.13. The molecule has 0 radical (unpaired) electrons. The lowest BCUT2D eigenvalue weighted by Gasteiger charge is -2.16. The average molecular weight is 488 g/mol. The number of aliphatic hydroxyl groups is 1. The van der Waals surface area contributed by atoms with Crippen molar-refractivity contribution < 1.29 is 9.90 Å². The molecule has 0 amide bonds. The highest BCUT2D eigenvalue weighted by molar-refractivity contribution is 6.11. The molecule has 0 unspecified atom stereocenters. The number of hydrogen-bond donors (Lipinski definition) is 2. The number of ketones is 1. The van der Waals surface area contributed by atoms with Crippen molar-refractivity contribution in [1.82, 2.24) is 29.2 Å².